The molecule has 2 aliphatic rings. The summed E-state index contributed by atoms with van der Waals surface area (Å²) in [7, 11) is 0. The Balaban J connectivity index is 1.64. The SMILES string of the molecule is C1=Cc2nc1cc1ccc(cc3ccc([nH]3)c(-c3ccccc3)c3nc(c2-c2ccccc2)C=C3)o1. The van der Waals surface area contributed by atoms with Gasteiger partial charge in [-0.1, -0.05) is 60.7 Å². The zero-order chi connectivity index (χ0) is 23.9. The molecule has 8 bridgehead atoms. The number of nitrogens with zero attached hydrogens (tertiary/aromatic N) is 2. The Hall–Kier alpha value is -4.96. The number of hydrogen-bond acceptors (Lipinski definition) is 3. The third-order valence-corrected chi connectivity index (χ3v) is 6.41. The second-order valence-corrected chi connectivity index (χ2v) is 8.81. The minimum atomic E-state index is 0.760. The first-order valence-corrected chi connectivity index (χ1v) is 11.9. The van der Waals surface area contributed by atoms with Gasteiger partial charge in [-0.3, -0.25) is 0 Å². The average Bonchev–Trinajstić information content (AvgIpc) is 3.72. The summed E-state index contributed by atoms with van der Waals surface area (Å²) in [4.78, 5) is 13.7. The summed E-state index contributed by atoms with van der Waals surface area (Å²) in [5.41, 5.74) is 11.2. The summed E-state index contributed by atoms with van der Waals surface area (Å²) >= 11 is 0. The number of rotatable bonds is 2. The van der Waals surface area contributed by atoms with Crippen LogP contribution < -0.4 is 0 Å². The molecule has 4 heteroatoms. The quantitative estimate of drug-likeness (QED) is 0.281. The molecule has 5 aromatic rings. The Bertz CT molecular complexity index is 1820. The molecule has 0 unspecified atom stereocenters. The number of nitrogens with one attached hydrogen (secondary N) is 1. The molecule has 2 aromatic carbocycles. The number of furan rings is 1. The van der Waals surface area contributed by atoms with E-state index in [1.807, 2.05) is 54.6 Å². The summed E-state index contributed by atoms with van der Waals surface area (Å²) in [6, 6.07) is 32.8. The topological polar surface area (TPSA) is 54.7 Å². The molecule has 3 aromatic heterocycles. The summed E-state index contributed by atoms with van der Waals surface area (Å²) in [5.74, 6) is 0. The van der Waals surface area contributed by atoms with Crippen LogP contribution in [0.1, 0.15) is 22.8 Å². The van der Waals surface area contributed by atoms with E-state index in [1.165, 1.54) is 0 Å². The minimum absolute atomic E-state index is 0.760. The van der Waals surface area contributed by atoms with Gasteiger partial charge in [-0.25, -0.2) is 9.97 Å². The fourth-order valence-electron chi connectivity index (χ4n) is 4.78. The second kappa shape index (κ2) is 8.36. The lowest BCUT2D eigenvalue weighted by Gasteiger charge is -2.05. The zero-order valence-electron chi connectivity index (χ0n) is 19.3. The standard InChI is InChI=1S/C32H21N3O/c1-3-7-21(8-4-1)31-27-15-11-23(33-27)19-25-13-14-26(36-25)20-24-12-16-28(34-24)32(22-9-5-2-6-10-22)30-18-17-29(31)35-30/h1-20,33H. The largest absolute Gasteiger partial charge is 0.457 e. The highest BCUT2D eigenvalue weighted by atomic mass is 16.3. The van der Waals surface area contributed by atoms with Crippen molar-refractivity contribution in [2.45, 2.75) is 0 Å². The van der Waals surface area contributed by atoms with E-state index in [4.69, 9.17) is 14.4 Å². The monoisotopic (exact) mass is 463 g/mol. The normalized spacial score (nSPS) is 12.2. The predicted molar refractivity (Wildman–Crippen MR) is 148 cm³/mol. The van der Waals surface area contributed by atoms with E-state index in [0.717, 1.165) is 67.2 Å². The van der Waals surface area contributed by atoms with Crippen LogP contribution in [0.15, 0.2) is 101 Å². The molecule has 0 aliphatic carbocycles. The molecular formula is C32H21N3O. The van der Waals surface area contributed by atoms with Crippen LogP contribution in [0, 0.1) is 0 Å². The summed E-state index contributed by atoms with van der Waals surface area (Å²) in [6.45, 7) is 0. The van der Waals surface area contributed by atoms with Crippen molar-refractivity contribution in [3.05, 3.63) is 120 Å². The Kier molecular flexibility index (Phi) is 4.74. The highest BCUT2D eigenvalue weighted by Crippen LogP contribution is 2.34. The lowest BCUT2D eigenvalue weighted by atomic mass is 10.0. The van der Waals surface area contributed by atoms with Gasteiger partial charge >= 0.3 is 0 Å². The zero-order valence-corrected chi connectivity index (χ0v) is 19.3. The maximum absolute atomic E-state index is 6.07. The number of aromatic nitrogens is 3. The van der Waals surface area contributed by atoms with E-state index in [-0.39, 0.29) is 0 Å². The van der Waals surface area contributed by atoms with Crippen molar-refractivity contribution >= 4 is 46.5 Å². The van der Waals surface area contributed by atoms with Crippen molar-refractivity contribution in [2.75, 3.05) is 0 Å². The van der Waals surface area contributed by atoms with E-state index >= 15 is 0 Å². The van der Waals surface area contributed by atoms with Crippen molar-refractivity contribution in [3.63, 3.8) is 0 Å². The molecule has 5 heterocycles. The van der Waals surface area contributed by atoms with Gasteiger partial charge in [0.2, 0.25) is 0 Å². The first-order chi connectivity index (χ1) is 17.8. The summed E-state index contributed by atoms with van der Waals surface area (Å²) < 4.78 is 6.07. The molecule has 0 atom stereocenters. The van der Waals surface area contributed by atoms with Crippen LogP contribution in [0.3, 0.4) is 0 Å². The fraction of sp³-hybridized carbons (Fsp3) is 0. The highest BCUT2D eigenvalue weighted by Gasteiger charge is 2.16. The lowest BCUT2D eigenvalue weighted by molar-refractivity contribution is 0.666. The lowest BCUT2D eigenvalue weighted by Crippen LogP contribution is -1.89. The molecule has 0 saturated carbocycles. The van der Waals surface area contributed by atoms with Gasteiger partial charge in [-0.15, -0.1) is 0 Å². The van der Waals surface area contributed by atoms with Crippen LogP contribution in [0.2, 0.25) is 0 Å². The smallest absolute Gasteiger partial charge is 0.129 e. The molecule has 4 nitrogen and oxygen atoms in total. The molecule has 7 rings (SSSR count). The van der Waals surface area contributed by atoms with Gasteiger partial charge in [-0.2, -0.15) is 0 Å². The predicted octanol–water partition coefficient (Wildman–Crippen LogP) is 8.25. The Morgan fingerprint density at radius 1 is 0.528 bits per heavy atom. The van der Waals surface area contributed by atoms with Gasteiger partial charge < -0.3 is 9.40 Å². The van der Waals surface area contributed by atoms with Crippen LogP contribution in [0.4, 0.5) is 0 Å². The van der Waals surface area contributed by atoms with E-state index in [1.54, 1.807) is 0 Å². The van der Waals surface area contributed by atoms with Crippen molar-refractivity contribution in [3.8, 4) is 22.3 Å². The Labute approximate surface area is 208 Å². The van der Waals surface area contributed by atoms with Gasteiger partial charge in [0.05, 0.1) is 22.8 Å². The molecule has 0 radical (unpaired) electrons. The number of benzene rings is 2. The molecule has 36 heavy (non-hydrogen) atoms. The first kappa shape index (κ1) is 20.4. The van der Waals surface area contributed by atoms with Gasteiger partial charge in [0.15, 0.2) is 0 Å². The van der Waals surface area contributed by atoms with E-state index in [2.05, 4.69) is 71.7 Å². The van der Waals surface area contributed by atoms with Gasteiger partial charge in [0.25, 0.3) is 0 Å². The average molecular weight is 464 g/mol. The summed E-state index contributed by atoms with van der Waals surface area (Å²) in [6.07, 6.45) is 8.25. The number of hydrogen-bond donors (Lipinski definition) is 1. The fourth-order valence-corrected chi connectivity index (χ4v) is 4.78. The summed E-state index contributed by atoms with van der Waals surface area (Å²) in [5, 5.41) is 0. The van der Waals surface area contributed by atoms with Crippen LogP contribution >= 0.6 is 0 Å². The third kappa shape index (κ3) is 3.65. The highest BCUT2D eigenvalue weighted by molar-refractivity contribution is 5.94. The molecular weight excluding hydrogens is 442 g/mol. The first-order valence-electron chi connectivity index (χ1n) is 11.9. The maximum atomic E-state index is 6.07. The molecule has 1 N–H and O–H groups in total. The van der Waals surface area contributed by atoms with Gasteiger partial charge in [0.1, 0.15) is 11.2 Å². The molecule has 170 valence electrons. The number of fused-ring (bicyclic) bond motifs is 8. The van der Waals surface area contributed by atoms with Crippen molar-refractivity contribution in [1.82, 2.24) is 15.0 Å². The van der Waals surface area contributed by atoms with Crippen molar-refractivity contribution < 1.29 is 4.42 Å². The van der Waals surface area contributed by atoms with Gasteiger partial charge in [-0.05, 0) is 59.7 Å². The number of H-pyrrole nitrogens is 1. The van der Waals surface area contributed by atoms with Crippen molar-refractivity contribution in [2.24, 2.45) is 0 Å². The maximum Gasteiger partial charge on any atom is 0.129 e. The molecule has 0 amide bonds. The van der Waals surface area contributed by atoms with Crippen LogP contribution in [0.5, 0.6) is 0 Å². The van der Waals surface area contributed by atoms with Crippen molar-refractivity contribution in [1.29, 1.82) is 0 Å². The molecule has 0 fully saturated rings. The van der Waals surface area contributed by atoms with E-state index < -0.39 is 0 Å². The Morgan fingerprint density at radius 3 is 1.89 bits per heavy atom. The van der Waals surface area contributed by atoms with Crippen LogP contribution in [-0.4, -0.2) is 15.0 Å². The molecule has 0 saturated heterocycles. The van der Waals surface area contributed by atoms with Gasteiger partial charge in [0, 0.05) is 34.3 Å². The Morgan fingerprint density at radius 2 is 1.14 bits per heavy atom. The van der Waals surface area contributed by atoms with E-state index in [9.17, 15) is 0 Å². The van der Waals surface area contributed by atoms with Crippen LogP contribution in [-0.2, 0) is 0 Å². The third-order valence-electron chi connectivity index (χ3n) is 6.41. The van der Waals surface area contributed by atoms with E-state index in [0.29, 0.717) is 0 Å². The molecule has 2 aliphatic heterocycles. The van der Waals surface area contributed by atoms with Crippen LogP contribution in [0.25, 0.3) is 68.8 Å². The minimum Gasteiger partial charge on any atom is -0.457 e. The molecule has 0 spiro atoms. The second-order valence-electron chi connectivity index (χ2n) is 8.81. The number of aromatic amines is 1.